The lowest BCUT2D eigenvalue weighted by Gasteiger charge is -2.06. The number of benzene rings is 1. The minimum absolute atomic E-state index is 0.0831. The molecule has 0 bridgehead atoms. The Hall–Kier alpha value is -1.90. The van der Waals surface area contributed by atoms with Gasteiger partial charge in [0.1, 0.15) is 5.83 Å². The van der Waals surface area contributed by atoms with Crippen molar-refractivity contribution in [2.24, 2.45) is 4.99 Å². The van der Waals surface area contributed by atoms with Gasteiger partial charge in [0, 0.05) is 23.9 Å². The molecule has 2 nitrogen and oxygen atoms in total. The van der Waals surface area contributed by atoms with Gasteiger partial charge in [-0.3, -0.25) is 0 Å². The highest BCUT2D eigenvalue weighted by molar-refractivity contribution is 5.72. The van der Waals surface area contributed by atoms with Crippen LogP contribution >= 0.6 is 0 Å². The smallest absolute Gasteiger partial charge is 0.104 e. The van der Waals surface area contributed by atoms with E-state index in [9.17, 15) is 4.39 Å². The molecule has 0 unspecified atom stereocenters. The predicted octanol–water partition coefficient (Wildman–Crippen LogP) is 1.58. The largest absolute Gasteiger partial charge is 0.384 e. The number of nitrogens with one attached hydrogen (secondary N) is 1. The lowest BCUT2D eigenvalue weighted by molar-refractivity contribution is 0.618. The van der Waals surface area contributed by atoms with Crippen molar-refractivity contribution >= 4 is 11.3 Å². The first-order chi connectivity index (χ1) is 8.31. The summed E-state index contributed by atoms with van der Waals surface area (Å²) < 4.78 is 13.3. The van der Waals surface area contributed by atoms with Crippen molar-refractivity contribution < 1.29 is 4.39 Å². The highest BCUT2D eigenvalue weighted by Gasteiger charge is 2.20. The first-order valence-electron chi connectivity index (χ1n) is 5.87. The van der Waals surface area contributed by atoms with E-state index in [1.807, 2.05) is 0 Å². The summed E-state index contributed by atoms with van der Waals surface area (Å²) in [5, 5.41) is 5.44. The zero-order valence-corrected chi connectivity index (χ0v) is 9.26. The van der Waals surface area contributed by atoms with Crippen molar-refractivity contribution in [2.75, 3.05) is 11.9 Å². The SMILES string of the molecule is FC1=CC=C2N=c3cc4c(cc3=C2C1)NCC4. The van der Waals surface area contributed by atoms with Crippen molar-refractivity contribution in [3.8, 4) is 0 Å². The standard InChI is InChI=1S/C14H11FN2/c15-9-1-2-12-10(6-9)11-7-13-8(3-4-16-13)5-14(11)17-12/h1-2,5,7,16H,3-4,6H2. The Morgan fingerprint density at radius 1 is 1.24 bits per heavy atom. The fourth-order valence-corrected chi connectivity index (χ4v) is 2.72. The Kier molecular flexibility index (Phi) is 1.65. The van der Waals surface area contributed by atoms with Crippen LogP contribution in [-0.2, 0) is 6.42 Å². The van der Waals surface area contributed by atoms with Gasteiger partial charge in [-0.05, 0) is 41.8 Å². The molecular weight excluding hydrogens is 215 g/mol. The molecular formula is C14H11FN2. The van der Waals surface area contributed by atoms with Crippen LogP contribution in [0.2, 0.25) is 0 Å². The molecule has 3 heteroatoms. The molecule has 0 saturated heterocycles. The molecule has 0 atom stereocenters. The molecule has 0 fully saturated rings. The molecule has 1 aromatic rings. The second-order valence-electron chi connectivity index (χ2n) is 4.64. The van der Waals surface area contributed by atoms with E-state index in [0.29, 0.717) is 6.42 Å². The second-order valence-corrected chi connectivity index (χ2v) is 4.64. The Morgan fingerprint density at radius 2 is 2.18 bits per heavy atom. The number of halogens is 1. The Bertz CT molecular complexity index is 710. The molecule has 4 rings (SSSR count). The first kappa shape index (κ1) is 9.16. The maximum atomic E-state index is 13.3. The molecule has 0 saturated carbocycles. The van der Waals surface area contributed by atoms with E-state index in [1.54, 1.807) is 6.08 Å². The van der Waals surface area contributed by atoms with Gasteiger partial charge in [0.2, 0.25) is 0 Å². The summed E-state index contributed by atoms with van der Waals surface area (Å²) >= 11 is 0. The molecule has 0 radical (unpaired) electrons. The summed E-state index contributed by atoms with van der Waals surface area (Å²) in [5.74, 6) is -0.0831. The van der Waals surface area contributed by atoms with Crippen molar-refractivity contribution in [3.63, 3.8) is 0 Å². The van der Waals surface area contributed by atoms with E-state index in [2.05, 4.69) is 22.4 Å². The number of anilines is 1. The first-order valence-corrected chi connectivity index (χ1v) is 5.87. The highest BCUT2D eigenvalue weighted by atomic mass is 19.1. The molecule has 1 N–H and O–H groups in total. The Balaban J connectivity index is 2.05. The monoisotopic (exact) mass is 226 g/mol. The normalized spacial score (nSPS) is 19.7. The molecule has 17 heavy (non-hydrogen) atoms. The van der Waals surface area contributed by atoms with Crippen molar-refractivity contribution in [2.45, 2.75) is 12.8 Å². The van der Waals surface area contributed by atoms with Gasteiger partial charge >= 0.3 is 0 Å². The van der Waals surface area contributed by atoms with Crippen LogP contribution in [0.15, 0.2) is 40.8 Å². The number of hydrogen-bond acceptors (Lipinski definition) is 2. The number of nitrogens with zero attached hydrogens (tertiary/aromatic N) is 1. The van der Waals surface area contributed by atoms with Crippen LogP contribution in [0, 0.1) is 0 Å². The summed E-state index contributed by atoms with van der Waals surface area (Å²) in [6.45, 7) is 0.991. The lowest BCUT2D eigenvalue weighted by Crippen LogP contribution is -2.23. The van der Waals surface area contributed by atoms with Gasteiger partial charge < -0.3 is 5.32 Å². The summed E-state index contributed by atoms with van der Waals surface area (Å²) in [4.78, 5) is 4.57. The molecule has 0 aromatic heterocycles. The Labute approximate surface area is 97.9 Å². The van der Waals surface area contributed by atoms with Crippen LogP contribution in [0.5, 0.6) is 0 Å². The number of fused-ring (bicyclic) bond motifs is 3. The van der Waals surface area contributed by atoms with Crippen LogP contribution in [0.1, 0.15) is 12.0 Å². The van der Waals surface area contributed by atoms with E-state index in [4.69, 9.17) is 0 Å². The maximum Gasteiger partial charge on any atom is 0.104 e. The topological polar surface area (TPSA) is 24.4 Å². The van der Waals surface area contributed by atoms with Gasteiger partial charge in [-0.25, -0.2) is 9.38 Å². The lowest BCUT2D eigenvalue weighted by atomic mass is 10.0. The van der Waals surface area contributed by atoms with Gasteiger partial charge in [-0.2, -0.15) is 0 Å². The minimum Gasteiger partial charge on any atom is -0.384 e. The van der Waals surface area contributed by atoms with Gasteiger partial charge in [-0.1, -0.05) is 0 Å². The molecule has 1 aromatic carbocycles. The van der Waals surface area contributed by atoms with Crippen LogP contribution in [0.25, 0.3) is 5.57 Å². The third-order valence-corrected chi connectivity index (χ3v) is 3.57. The van der Waals surface area contributed by atoms with E-state index in [1.165, 1.54) is 17.3 Å². The quantitative estimate of drug-likeness (QED) is 0.713. The zero-order chi connectivity index (χ0) is 11.4. The predicted molar refractivity (Wildman–Crippen MR) is 64.7 cm³/mol. The van der Waals surface area contributed by atoms with E-state index in [0.717, 1.165) is 34.8 Å². The fraction of sp³-hybridized carbons (Fsp3) is 0.214. The third kappa shape index (κ3) is 1.22. The number of hydrogen-bond donors (Lipinski definition) is 1. The molecule has 2 heterocycles. The number of rotatable bonds is 0. The summed E-state index contributed by atoms with van der Waals surface area (Å²) in [6, 6.07) is 4.25. The zero-order valence-electron chi connectivity index (χ0n) is 9.26. The molecule has 84 valence electrons. The van der Waals surface area contributed by atoms with Gasteiger partial charge in [0.25, 0.3) is 0 Å². The molecule has 2 aliphatic heterocycles. The van der Waals surface area contributed by atoms with E-state index >= 15 is 0 Å². The summed E-state index contributed by atoms with van der Waals surface area (Å²) in [6.07, 6.45) is 4.72. The Morgan fingerprint density at radius 3 is 3.12 bits per heavy atom. The van der Waals surface area contributed by atoms with Crippen LogP contribution in [0.4, 0.5) is 10.1 Å². The number of allylic oxidation sites excluding steroid dienone is 4. The summed E-state index contributed by atoms with van der Waals surface area (Å²) in [5.41, 5.74) is 4.45. The average Bonchev–Trinajstić information content (AvgIpc) is 2.89. The minimum atomic E-state index is -0.0831. The molecule has 0 spiro atoms. The van der Waals surface area contributed by atoms with E-state index in [-0.39, 0.29) is 5.83 Å². The van der Waals surface area contributed by atoms with Crippen LogP contribution < -0.4 is 15.9 Å². The molecule has 1 aliphatic carbocycles. The third-order valence-electron chi connectivity index (χ3n) is 3.57. The second kappa shape index (κ2) is 3.06. The maximum absolute atomic E-state index is 13.3. The van der Waals surface area contributed by atoms with Crippen LogP contribution in [0.3, 0.4) is 0 Å². The van der Waals surface area contributed by atoms with Crippen LogP contribution in [-0.4, -0.2) is 6.54 Å². The fourth-order valence-electron chi connectivity index (χ4n) is 2.72. The van der Waals surface area contributed by atoms with Crippen molar-refractivity contribution in [1.29, 1.82) is 0 Å². The molecule has 0 amide bonds. The highest BCUT2D eigenvalue weighted by Crippen LogP contribution is 2.28. The molecule has 3 aliphatic rings. The van der Waals surface area contributed by atoms with E-state index < -0.39 is 0 Å². The van der Waals surface area contributed by atoms with Crippen molar-refractivity contribution in [3.05, 3.63) is 51.9 Å². The van der Waals surface area contributed by atoms with Gasteiger partial charge in [0.15, 0.2) is 0 Å². The van der Waals surface area contributed by atoms with Gasteiger partial charge in [-0.15, -0.1) is 0 Å². The summed E-state index contributed by atoms with van der Waals surface area (Å²) in [7, 11) is 0. The van der Waals surface area contributed by atoms with Crippen molar-refractivity contribution in [1.82, 2.24) is 0 Å². The average molecular weight is 226 g/mol. The van der Waals surface area contributed by atoms with Gasteiger partial charge in [0.05, 0.1) is 11.1 Å².